The minimum atomic E-state index is -0.503. The van der Waals surface area contributed by atoms with Crippen LogP contribution < -0.4 is 16.2 Å². The quantitative estimate of drug-likeness (QED) is 0.588. The van der Waals surface area contributed by atoms with Gasteiger partial charge in [-0.3, -0.25) is 4.79 Å². The second kappa shape index (κ2) is 7.73. The van der Waals surface area contributed by atoms with Crippen molar-refractivity contribution in [2.75, 3.05) is 17.9 Å². The molecule has 6 nitrogen and oxygen atoms in total. The molecule has 29 heavy (non-hydrogen) atoms. The lowest BCUT2D eigenvalue weighted by Gasteiger charge is -2.13. The van der Waals surface area contributed by atoms with Gasteiger partial charge in [0.2, 0.25) is 0 Å². The normalized spacial score (nSPS) is 14.6. The molecule has 3 N–H and O–H groups in total. The summed E-state index contributed by atoms with van der Waals surface area (Å²) >= 11 is 0. The van der Waals surface area contributed by atoms with E-state index in [0.29, 0.717) is 16.8 Å². The number of carbonyl (C=O) groups is 2. The fraction of sp³-hybridized carbons (Fsp3) is 0.0909. The molecular formula is C22H18FN3O3. The summed E-state index contributed by atoms with van der Waals surface area (Å²) in [5.74, 6) is -1.14. The number of amides is 1. The summed E-state index contributed by atoms with van der Waals surface area (Å²) in [5.41, 5.74) is 10.2. The summed E-state index contributed by atoms with van der Waals surface area (Å²) in [6, 6.07) is 17.9. The highest BCUT2D eigenvalue weighted by Gasteiger charge is 2.24. The molecule has 0 bridgehead atoms. The number of rotatable bonds is 4. The predicted octanol–water partition coefficient (Wildman–Crippen LogP) is 3.88. The van der Waals surface area contributed by atoms with Crippen LogP contribution in [0.1, 0.15) is 37.9 Å². The van der Waals surface area contributed by atoms with Gasteiger partial charge in [0.15, 0.2) is 0 Å². The van der Waals surface area contributed by atoms with Crippen LogP contribution in [0.2, 0.25) is 0 Å². The van der Waals surface area contributed by atoms with Crippen molar-refractivity contribution in [1.82, 2.24) is 5.43 Å². The summed E-state index contributed by atoms with van der Waals surface area (Å²) in [5, 5.41) is 2.85. The van der Waals surface area contributed by atoms with Crippen LogP contribution in [0.25, 0.3) is 0 Å². The van der Waals surface area contributed by atoms with Crippen molar-refractivity contribution in [2.45, 2.75) is 6.04 Å². The molecule has 1 unspecified atom stereocenters. The van der Waals surface area contributed by atoms with E-state index in [1.165, 1.54) is 25.3 Å². The molecule has 0 saturated carbocycles. The Hall–Kier alpha value is -3.71. The lowest BCUT2D eigenvalue weighted by atomic mass is 9.98. The Kier molecular flexibility index (Phi) is 4.97. The second-order valence-corrected chi connectivity index (χ2v) is 6.58. The van der Waals surface area contributed by atoms with Gasteiger partial charge in [-0.1, -0.05) is 18.2 Å². The summed E-state index contributed by atoms with van der Waals surface area (Å²) in [7, 11) is 1.29. The van der Waals surface area contributed by atoms with E-state index in [-0.39, 0.29) is 17.8 Å². The Bertz CT molecular complexity index is 1080. The topological polar surface area (TPSA) is 79.5 Å². The number of esters is 1. The molecule has 0 aromatic heterocycles. The number of benzene rings is 3. The van der Waals surface area contributed by atoms with E-state index in [2.05, 4.69) is 16.2 Å². The zero-order chi connectivity index (χ0) is 20.4. The number of nitrogens with one attached hydrogen (secondary N) is 3. The minimum absolute atomic E-state index is 0.176. The molecule has 0 aliphatic carbocycles. The summed E-state index contributed by atoms with van der Waals surface area (Å²) < 4.78 is 17.9. The fourth-order valence-corrected chi connectivity index (χ4v) is 3.25. The van der Waals surface area contributed by atoms with E-state index < -0.39 is 5.97 Å². The number of methoxy groups -OCH3 is 1. The van der Waals surface area contributed by atoms with Gasteiger partial charge in [0, 0.05) is 16.8 Å². The zero-order valence-electron chi connectivity index (χ0n) is 15.5. The van der Waals surface area contributed by atoms with Gasteiger partial charge < -0.3 is 15.5 Å². The average molecular weight is 391 g/mol. The highest BCUT2D eigenvalue weighted by atomic mass is 19.1. The van der Waals surface area contributed by atoms with Crippen molar-refractivity contribution in [3.8, 4) is 0 Å². The van der Waals surface area contributed by atoms with E-state index in [1.54, 1.807) is 36.4 Å². The predicted molar refractivity (Wildman–Crippen MR) is 107 cm³/mol. The standard InChI is InChI=1S/C22H18FN3O3/c1-29-22(28)15-4-2-3-14(11-15)21(27)24-17-9-10-19-18(12-17)20(26-25-19)13-5-7-16(23)8-6-13/h2-12,20,25-26H,1H3,(H,24,27). The summed E-state index contributed by atoms with van der Waals surface area (Å²) in [4.78, 5) is 24.3. The molecule has 1 amide bonds. The van der Waals surface area contributed by atoms with Crippen LogP contribution in [0.15, 0.2) is 66.7 Å². The van der Waals surface area contributed by atoms with Crippen molar-refractivity contribution < 1.29 is 18.7 Å². The first-order valence-corrected chi connectivity index (χ1v) is 8.96. The van der Waals surface area contributed by atoms with Gasteiger partial charge in [-0.15, -0.1) is 0 Å². The van der Waals surface area contributed by atoms with Gasteiger partial charge in [-0.25, -0.2) is 14.6 Å². The van der Waals surface area contributed by atoms with Crippen LogP contribution in [-0.2, 0) is 4.74 Å². The van der Waals surface area contributed by atoms with Gasteiger partial charge in [-0.2, -0.15) is 0 Å². The van der Waals surface area contributed by atoms with Crippen LogP contribution in [0.5, 0.6) is 0 Å². The third-order valence-electron chi connectivity index (χ3n) is 4.72. The largest absolute Gasteiger partial charge is 0.465 e. The molecule has 4 rings (SSSR count). The number of hydrogen-bond acceptors (Lipinski definition) is 5. The zero-order valence-corrected chi connectivity index (χ0v) is 15.5. The van der Waals surface area contributed by atoms with Crippen LogP contribution >= 0.6 is 0 Å². The number of halogens is 1. The van der Waals surface area contributed by atoms with Gasteiger partial charge in [0.1, 0.15) is 5.82 Å². The Morgan fingerprint density at radius 3 is 2.52 bits per heavy atom. The van der Waals surface area contributed by atoms with Crippen molar-refractivity contribution in [3.63, 3.8) is 0 Å². The Balaban J connectivity index is 1.57. The minimum Gasteiger partial charge on any atom is -0.465 e. The molecule has 0 saturated heterocycles. The van der Waals surface area contributed by atoms with Crippen molar-refractivity contribution in [2.24, 2.45) is 0 Å². The summed E-state index contributed by atoms with van der Waals surface area (Å²) in [6.45, 7) is 0. The number of hydrogen-bond donors (Lipinski definition) is 3. The van der Waals surface area contributed by atoms with Gasteiger partial charge in [0.25, 0.3) is 5.91 Å². The summed E-state index contributed by atoms with van der Waals surface area (Å²) in [6.07, 6.45) is 0. The maximum absolute atomic E-state index is 13.2. The third kappa shape index (κ3) is 3.81. The Labute approximate surface area is 166 Å². The van der Waals surface area contributed by atoms with Crippen LogP contribution in [0, 0.1) is 5.82 Å². The molecule has 3 aromatic rings. The van der Waals surface area contributed by atoms with E-state index in [4.69, 9.17) is 4.74 Å². The van der Waals surface area contributed by atoms with Gasteiger partial charge in [-0.05, 0) is 54.1 Å². The monoisotopic (exact) mass is 391 g/mol. The maximum atomic E-state index is 13.2. The number of ether oxygens (including phenoxy) is 1. The third-order valence-corrected chi connectivity index (χ3v) is 4.72. The van der Waals surface area contributed by atoms with Crippen LogP contribution in [-0.4, -0.2) is 19.0 Å². The van der Waals surface area contributed by atoms with Gasteiger partial charge in [0.05, 0.1) is 24.4 Å². The molecular weight excluding hydrogens is 373 g/mol. The number of fused-ring (bicyclic) bond motifs is 1. The number of anilines is 2. The smallest absolute Gasteiger partial charge is 0.337 e. The number of carbonyl (C=O) groups excluding carboxylic acids is 2. The highest BCUT2D eigenvalue weighted by molar-refractivity contribution is 6.05. The molecule has 1 atom stereocenters. The lowest BCUT2D eigenvalue weighted by molar-refractivity contribution is 0.0600. The second-order valence-electron chi connectivity index (χ2n) is 6.58. The first kappa shape index (κ1) is 18.6. The molecule has 7 heteroatoms. The maximum Gasteiger partial charge on any atom is 0.337 e. The molecule has 0 fully saturated rings. The first-order valence-electron chi connectivity index (χ1n) is 8.96. The van der Waals surface area contributed by atoms with Crippen molar-refractivity contribution in [3.05, 3.63) is 94.8 Å². The van der Waals surface area contributed by atoms with Crippen molar-refractivity contribution >= 4 is 23.3 Å². The number of hydrazine groups is 1. The molecule has 0 spiro atoms. The highest BCUT2D eigenvalue weighted by Crippen LogP contribution is 2.35. The van der Waals surface area contributed by atoms with E-state index in [0.717, 1.165) is 16.8 Å². The lowest BCUT2D eigenvalue weighted by Crippen LogP contribution is -2.19. The molecule has 1 aliphatic rings. The van der Waals surface area contributed by atoms with Gasteiger partial charge >= 0.3 is 5.97 Å². The van der Waals surface area contributed by atoms with E-state index in [1.807, 2.05) is 12.1 Å². The Morgan fingerprint density at radius 1 is 1.00 bits per heavy atom. The molecule has 1 heterocycles. The molecule has 3 aromatic carbocycles. The Morgan fingerprint density at radius 2 is 1.76 bits per heavy atom. The van der Waals surface area contributed by atoms with Crippen LogP contribution in [0.4, 0.5) is 15.8 Å². The molecule has 0 radical (unpaired) electrons. The SMILES string of the molecule is COC(=O)c1cccc(C(=O)Nc2ccc3c(c2)C(c2ccc(F)cc2)NN3)c1. The fourth-order valence-electron chi connectivity index (χ4n) is 3.25. The molecule has 146 valence electrons. The molecule has 1 aliphatic heterocycles. The van der Waals surface area contributed by atoms with E-state index in [9.17, 15) is 14.0 Å². The van der Waals surface area contributed by atoms with E-state index >= 15 is 0 Å². The van der Waals surface area contributed by atoms with Crippen molar-refractivity contribution in [1.29, 1.82) is 0 Å². The average Bonchev–Trinajstić information content (AvgIpc) is 3.17. The van der Waals surface area contributed by atoms with Crippen LogP contribution in [0.3, 0.4) is 0 Å². The first-order chi connectivity index (χ1) is 14.0.